The Bertz CT molecular complexity index is 383. The molecule has 7 heteroatoms. The molecular formula is C7H8ClN5S. The smallest absolute Gasteiger partial charge is 0.186 e. The average molecular weight is 230 g/mol. The molecule has 0 aromatic carbocycles. The van der Waals surface area contributed by atoms with E-state index in [4.69, 9.17) is 11.6 Å². The predicted octanol–water partition coefficient (Wildman–Crippen LogP) is 1.54. The monoisotopic (exact) mass is 229 g/mol. The van der Waals surface area contributed by atoms with Crippen LogP contribution in [0.4, 0.5) is 5.82 Å². The first kappa shape index (κ1) is 9.42. The molecule has 0 spiro atoms. The number of nitrogens with zero attached hydrogens (tertiary/aromatic N) is 4. The van der Waals surface area contributed by atoms with Crippen LogP contribution >= 0.6 is 23.3 Å². The van der Waals surface area contributed by atoms with Gasteiger partial charge >= 0.3 is 0 Å². The van der Waals surface area contributed by atoms with Gasteiger partial charge < -0.3 is 5.32 Å². The van der Waals surface area contributed by atoms with Crippen molar-refractivity contribution in [1.29, 1.82) is 0 Å². The summed E-state index contributed by atoms with van der Waals surface area (Å²) in [5.41, 5.74) is 1.06. The number of nitrogens with one attached hydrogen (secondary N) is 1. The summed E-state index contributed by atoms with van der Waals surface area (Å²) in [6.07, 6.45) is 1.75. The summed E-state index contributed by atoms with van der Waals surface area (Å²) >= 11 is 6.86. The van der Waals surface area contributed by atoms with Gasteiger partial charge in [0, 0.05) is 13.2 Å². The van der Waals surface area contributed by atoms with Gasteiger partial charge in [0.25, 0.3) is 0 Å². The van der Waals surface area contributed by atoms with Crippen LogP contribution in [-0.2, 0) is 13.6 Å². The lowest BCUT2D eigenvalue weighted by atomic mass is 10.4. The van der Waals surface area contributed by atoms with E-state index >= 15 is 0 Å². The maximum atomic E-state index is 5.77. The molecule has 2 rings (SSSR count). The summed E-state index contributed by atoms with van der Waals surface area (Å²) in [7, 11) is 1.89. The molecule has 0 saturated carbocycles. The topological polar surface area (TPSA) is 55.6 Å². The SMILES string of the molecule is Cn1nccc1CNc1nsnc1Cl. The van der Waals surface area contributed by atoms with Crippen molar-refractivity contribution in [2.24, 2.45) is 7.05 Å². The Labute approximate surface area is 90.0 Å². The zero-order valence-corrected chi connectivity index (χ0v) is 9.01. The number of halogens is 1. The summed E-state index contributed by atoms with van der Waals surface area (Å²) in [6.45, 7) is 0.641. The van der Waals surface area contributed by atoms with Crippen molar-refractivity contribution in [1.82, 2.24) is 18.5 Å². The molecule has 0 unspecified atom stereocenters. The van der Waals surface area contributed by atoms with Crippen LogP contribution in [0.3, 0.4) is 0 Å². The maximum Gasteiger partial charge on any atom is 0.186 e. The summed E-state index contributed by atoms with van der Waals surface area (Å²) in [5.74, 6) is 0.623. The Kier molecular flexibility index (Phi) is 2.64. The fraction of sp³-hybridized carbons (Fsp3) is 0.286. The normalized spacial score (nSPS) is 10.4. The highest BCUT2D eigenvalue weighted by molar-refractivity contribution is 6.99. The van der Waals surface area contributed by atoms with Gasteiger partial charge in [-0.05, 0) is 6.07 Å². The van der Waals surface area contributed by atoms with Gasteiger partial charge in [-0.3, -0.25) is 4.68 Å². The van der Waals surface area contributed by atoms with E-state index in [-0.39, 0.29) is 0 Å². The first-order chi connectivity index (χ1) is 6.77. The van der Waals surface area contributed by atoms with Crippen molar-refractivity contribution in [2.45, 2.75) is 6.54 Å². The third-order valence-electron chi connectivity index (χ3n) is 1.81. The molecule has 0 saturated heterocycles. The molecular weight excluding hydrogens is 222 g/mol. The number of rotatable bonds is 3. The van der Waals surface area contributed by atoms with Gasteiger partial charge in [0.15, 0.2) is 11.0 Å². The van der Waals surface area contributed by atoms with Crippen molar-refractivity contribution >= 4 is 29.1 Å². The van der Waals surface area contributed by atoms with E-state index in [1.807, 2.05) is 13.1 Å². The predicted molar refractivity (Wildman–Crippen MR) is 55.5 cm³/mol. The van der Waals surface area contributed by atoms with Crippen molar-refractivity contribution in [3.05, 3.63) is 23.1 Å². The second kappa shape index (κ2) is 3.93. The Morgan fingerprint density at radius 3 is 3.00 bits per heavy atom. The maximum absolute atomic E-state index is 5.77. The highest BCUT2D eigenvalue weighted by Gasteiger charge is 2.05. The highest BCUT2D eigenvalue weighted by atomic mass is 35.5. The first-order valence-electron chi connectivity index (χ1n) is 3.96. The molecule has 14 heavy (non-hydrogen) atoms. The fourth-order valence-electron chi connectivity index (χ4n) is 1.03. The van der Waals surface area contributed by atoms with E-state index in [1.54, 1.807) is 10.9 Å². The van der Waals surface area contributed by atoms with Crippen molar-refractivity contribution in [2.75, 3.05) is 5.32 Å². The minimum Gasteiger partial charge on any atom is -0.361 e. The molecule has 0 radical (unpaired) electrons. The van der Waals surface area contributed by atoms with Crippen molar-refractivity contribution < 1.29 is 0 Å². The molecule has 0 amide bonds. The van der Waals surface area contributed by atoms with Crippen LogP contribution in [0.25, 0.3) is 0 Å². The van der Waals surface area contributed by atoms with Crippen LogP contribution in [0.1, 0.15) is 5.69 Å². The van der Waals surface area contributed by atoms with E-state index in [1.165, 1.54) is 0 Å². The summed E-state index contributed by atoms with van der Waals surface area (Å²) in [6, 6.07) is 1.93. The second-order valence-corrected chi connectivity index (χ2v) is 3.59. The first-order valence-corrected chi connectivity index (χ1v) is 5.07. The quantitative estimate of drug-likeness (QED) is 0.868. The zero-order valence-electron chi connectivity index (χ0n) is 7.44. The van der Waals surface area contributed by atoms with Crippen molar-refractivity contribution in [3.63, 3.8) is 0 Å². The second-order valence-electron chi connectivity index (χ2n) is 2.70. The fourth-order valence-corrected chi connectivity index (χ4v) is 1.72. The number of aromatic nitrogens is 4. The largest absolute Gasteiger partial charge is 0.361 e. The van der Waals surface area contributed by atoms with E-state index in [0.29, 0.717) is 17.5 Å². The van der Waals surface area contributed by atoms with Crippen molar-refractivity contribution in [3.8, 4) is 0 Å². The van der Waals surface area contributed by atoms with Gasteiger partial charge in [-0.15, -0.1) is 0 Å². The number of aryl methyl sites for hydroxylation is 1. The molecule has 0 aliphatic carbocycles. The Morgan fingerprint density at radius 1 is 1.57 bits per heavy atom. The van der Waals surface area contributed by atoms with E-state index in [9.17, 15) is 0 Å². The Balaban J connectivity index is 2.02. The van der Waals surface area contributed by atoms with Crippen LogP contribution in [-0.4, -0.2) is 18.5 Å². The Hall–Kier alpha value is -1.14. The standard InChI is InChI=1S/C7H8ClN5S/c1-13-5(2-3-10-13)4-9-7-6(8)11-14-12-7/h2-3H,4H2,1H3,(H,9,12). The average Bonchev–Trinajstić information content (AvgIpc) is 2.72. The molecule has 0 atom stereocenters. The highest BCUT2D eigenvalue weighted by Crippen LogP contribution is 2.18. The Morgan fingerprint density at radius 2 is 2.43 bits per heavy atom. The summed E-state index contributed by atoms with van der Waals surface area (Å²) < 4.78 is 9.65. The minimum absolute atomic E-state index is 0.414. The van der Waals surface area contributed by atoms with Gasteiger partial charge in [0.1, 0.15) is 0 Å². The van der Waals surface area contributed by atoms with Gasteiger partial charge in [-0.2, -0.15) is 13.8 Å². The van der Waals surface area contributed by atoms with E-state index < -0.39 is 0 Å². The number of anilines is 1. The lowest BCUT2D eigenvalue weighted by molar-refractivity contribution is 0.720. The molecule has 0 aliphatic heterocycles. The summed E-state index contributed by atoms with van der Waals surface area (Å²) in [5, 5.41) is 7.54. The van der Waals surface area contributed by atoms with E-state index in [0.717, 1.165) is 17.4 Å². The number of hydrogen-bond acceptors (Lipinski definition) is 5. The molecule has 0 aliphatic rings. The minimum atomic E-state index is 0.414. The third kappa shape index (κ3) is 1.85. The van der Waals surface area contributed by atoms with Crippen LogP contribution in [0.5, 0.6) is 0 Å². The molecule has 2 aromatic rings. The molecule has 2 heterocycles. The van der Waals surface area contributed by atoms with Crippen LogP contribution in [0, 0.1) is 0 Å². The lowest BCUT2D eigenvalue weighted by Crippen LogP contribution is -2.05. The van der Waals surface area contributed by atoms with Crippen LogP contribution in [0.2, 0.25) is 5.15 Å². The van der Waals surface area contributed by atoms with Gasteiger partial charge in [0.05, 0.1) is 24.0 Å². The molecule has 0 fully saturated rings. The summed E-state index contributed by atoms with van der Waals surface area (Å²) in [4.78, 5) is 0. The van der Waals surface area contributed by atoms with Crippen LogP contribution < -0.4 is 5.32 Å². The van der Waals surface area contributed by atoms with Crippen LogP contribution in [0.15, 0.2) is 12.3 Å². The molecule has 74 valence electrons. The molecule has 2 aromatic heterocycles. The van der Waals surface area contributed by atoms with Gasteiger partial charge in [-0.25, -0.2) is 0 Å². The van der Waals surface area contributed by atoms with Gasteiger partial charge in [0.2, 0.25) is 0 Å². The molecule has 5 nitrogen and oxygen atoms in total. The molecule has 0 bridgehead atoms. The van der Waals surface area contributed by atoms with E-state index in [2.05, 4.69) is 19.2 Å². The lowest BCUT2D eigenvalue weighted by Gasteiger charge is -2.02. The molecule has 1 N–H and O–H groups in total. The van der Waals surface area contributed by atoms with Gasteiger partial charge in [-0.1, -0.05) is 11.6 Å². The number of hydrogen-bond donors (Lipinski definition) is 1. The third-order valence-corrected chi connectivity index (χ3v) is 2.70. The zero-order chi connectivity index (χ0) is 9.97.